The van der Waals surface area contributed by atoms with Crippen LogP contribution in [0.4, 0.5) is 0 Å². The van der Waals surface area contributed by atoms with E-state index in [2.05, 4.69) is 65.9 Å². The molecule has 0 N–H and O–H groups in total. The second kappa shape index (κ2) is 7.45. The predicted molar refractivity (Wildman–Crippen MR) is 104 cm³/mol. The lowest BCUT2D eigenvalue weighted by molar-refractivity contribution is 0.0813. The lowest BCUT2D eigenvalue weighted by Gasteiger charge is -2.15. The van der Waals surface area contributed by atoms with Crippen molar-refractivity contribution in [1.82, 2.24) is 19.7 Å². The summed E-state index contributed by atoms with van der Waals surface area (Å²) in [6, 6.07) is 9.67. The fourth-order valence-corrected chi connectivity index (χ4v) is 3.40. The van der Waals surface area contributed by atoms with Crippen LogP contribution in [-0.2, 0) is 17.9 Å². The third kappa shape index (κ3) is 4.32. The minimum atomic E-state index is -1.07. The number of aryl methyl sites for hydroxylation is 1. The zero-order valence-electron chi connectivity index (χ0n) is 15.5. The van der Waals surface area contributed by atoms with Gasteiger partial charge in [-0.25, -0.2) is 14.6 Å². The van der Waals surface area contributed by atoms with Crippen LogP contribution in [0, 0.1) is 0 Å². The van der Waals surface area contributed by atoms with E-state index >= 15 is 0 Å². The van der Waals surface area contributed by atoms with E-state index in [9.17, 15) is 0 Å². The SMILES string of the molecule is CCc1ccc(-c2ncnc3c2cnn3COCC[Si](C)(C)C)cc1. The monoisotopic (exact) mass is 354 g/mol. The first-order valence-electron chi connectivity index (χ1n) is 8.81. The van der Waals surface area contributed by atoms with Crippen molar-refractivity contribution in [3.63, 3.8) is 0 Å². The van der Waals surface area contributed by atoms with Gasteiger partial charge >= 0.3 is 0 Å². The molecule has 2 heterocycles. The first-order valence-corrected chi connectivity index (χ1v) is 12.5. The van der Waals surface area contributed by atoms with E-state index < -0.39 is 8.07 Å². The van der Waals surface area contributed by atoms with Gasteiger partial charge in [0.2, 0.25) is 0 Å². The Bertz CT molecular complexity index is 837. The van der Waals surface area contributed by atoms with E-state index in [4.69, 9.17) is 4.74 Å². The quantitative estimate of drug-likeness (QED) is 0.467. The predicted octanol–water partition coefficient (Wildman–Crippen LogP) is 4.37. The van der Waals surface area contributed by atoms with E-state index in [-0.39, 0.29) is 0 Å². The van der Waals surface area contributed by atoms with Crippen molar-refractivity contribution in [3.05, 3.63) is 42.4 Å². The van der Waals surface area contributed by atoms with E-state index in [0.717, 1.165) is 41.4 Å². The second-order valence-corrected chi connectivity index (χ2v) is 13.1. The molecule has 132 valence electrons. The Labute approximate surface area is 150 Å². The molecule has 0 aliphatic heterocycles. The molecule has 0 saturated carbocycles. The first kappa shape index (κ1) is 17.8. The fraction of sp³-hybridized carbons (Fsp3) is 0.421. The van der Waals surface area contributed by atoms with Crippen molar-refractivity contribution in [2.75, 3.05) is 6.61 Å². The minimum absolute atomic E-state index is 0.430. The number of ether oxygens (including phenoxy) is 1. The van der Waals surface area contributed by atoms with Gasteiger partial charge in [-0.05, 0) is 18.0 Å². The molecule has 3 aromatic rings. The highest BCUT2D eigenvalue weighted by Crippen LogP contribution is 2.25. The Hall–Kier alpha value is -2.05. The Morgan fingerprint density at radius 2 is 1.84 bits per heavy atom. The molecule has 0 radical (unpaired) electrons. The summed E-state index contributed by atoms with van der Waals surface area (Å²) in [6.45, 7) is 10.4. The van der Waals surface area contributed by atoms with Crippen LogP contribution in [0.5, 0.6) is 0 Å². The van der Waals surface area contributed by atoms with Crippen LogP contribution in [0.2, 0.25) is 25.7 Å². The molecule has 2 aromatic heterocycles. The highest BCUT2D eigenvalue weighted by molar-refractivity contribution is 6.76. The molecule has 0 saturated heterocycles. The number of aromatic nitrogens is 4. The summed E-state index contributed by atoms with van der Waals surface area (Å²) >= 11 is 0. The average molecular weight is 355 g/mol. The number of rotatable bonds is 7. The topological polar surface area (TPSA) is 52.8 Å². The van der Waals surface area contributed by atoms with Crippen LogP contribution in [0.1, 0.15) is 12.5 Å². The molecule has 1 aromatic carbocycles. The van der Waals surface area contributed by atoms with Gasteiger partial charge in [-0.1, -0.05) is 50.8 Å². The third-order valence-electron chi connectivity index (χ3n) is 4.28. The van der Waals surface area contributed by atoms with Gasteiger partial charge in [0.25, 0.3) is 0 Å². The molecular weight excluding hydrogens is 328 g/mol. The molecule has 0 aliphatic carbocycles. The van der Waals surface area contributed by atoms with Gasteiger partial charge in [0, 0.05) is 20.2 Å². The lowest BCUT2D eigenvalue weighted by atomic mass is 10.1. The Kier molecular flexibility index (Phi) is 5.29. The summed E-state index contributed by atoms with van der Waals surface area (Å²) in [5.74, 6) is 0. The van der Waals surface area contributed by atoms with Crippen LogP contribution in [0.25, 0.3) is 22.3 Å². The number of benzene rings is 1. The zero-order valence-corrected chi connectivity index (χ0v) is 16.5. The molecular formula is C19H26N4OSi. The normalized spacial score (nSPS) is 12.0. The fourth-order valence-electron chi connectivity index (χ4n) is 2.65. The zero-order chi connectivity index (χ0) is 17.9. The van der Waals surface area contributed by atoms with Crippen LogP contribution in [-0.4, -0.2) is 34.4 Å². The van der Waals surface area contributed by atoms with Gasteiger partial charge in [-0.15, -0.1) is 0 Å². The highest BCUT2D eigenvalue weighted by atomic mass is 28.3. The Morgan fingerprint density at radius 1 is 1.08 bits per heavy atom. The van der Waals surface area contributed by atoms with Crippen molar-refractivity contribution >= 4 is 19.1 Å². The minimum Gasteiger partial charge on any atom is -0.359 e. The van der Waals surface area contributed by atoms with Gasteiger partial charge in [0.05, 0.1) is 17.3 Å². The number of fused-ring (bicyclic) bond motifs is 1. The molecule has 0 atom stereocenters. The van der Waals surface area contributed by atoms with Crippen LogP contribution >= 0.6 is 0 Å². The first-order chi connectivity index (χ1) is 12.0. The van der Waals surface area contributed by atoms with Crippen molar-refractivity contribution < 1.29 is 4.74 Å². The smallest absolute Gasteiger partial charge is 0.164 e. The molecule has 0 unspecified atom stereocenters. The number of nitrogens with zero attached hydrogens (tertiary/aromatic N) is 4. The van der Waals surface area contributed by atoms with Crippen molar-refractivity contribution in [1.29, 1.82) is 0 Å². The largest absolute Gasteiger partial charge is 0.359 e. The van der Waals surface area contributed by atoms with Crippen LogP contribution in [0.3, 0.4) is 0 Å². The summed E-state index contributed by atoms with van der Waals surface area (Å²) in [5.41, 5.74) is 4.14. The molecule has 3 rings (SSSR count). The van der Waals surface area contributed by atoms with Crippen LogP contribution < -0.4 is 0 Å². The maximum atomic E-state index is 5.81. The van der Waals surface area contributed by atoms with Gasteiger partial charge in [-0.3, -0.25) is 0 Å². The average Bonchev–Trinajstić information content (AvgIpc) is 3.01. The van der Waals surface area contributed by atoms with E-state index in [1.807, 2.05) is 10.9 Å². The third-order valence-corrected chi connectivity index (χ3v) is 5.98. The summed E-state index contributed by atoms with van der Waals surface area (Å²) in [7, 11) is -1.07. The Morgan fingerprint density at radius 3 is 2.52 bits per heavy atom. The molecule has 5 nitrogen and oxygen atoms in total. The summed E-state index contributed by atoms with van der Waals surface area (Å²) in [4.78, 5) is 8.88. The maximum absolute atomic E-state index is 5.81. The van der Waals surface area contributed by atoms with Crippen molar-refractivity contribution in [3.8, 4) is 11.3 Å². The second-order valence-electron chi connectivity index (χ2n) is 7.50. The molecule has 0 spiro atoms. The summed E-state index contributed by atoms with van der Waals surface area (Å²) in [6.07, 6.45) is 4.47. The van der Waals surface area contributed by atoms with E-state index in [1.54, 1.807) is 6.33 Å². The highest BCUT2D eigenvalue weighted by Gasteiger charge is 2.14. The van der Waals surface area contributed by atoms with Gasteiger partial charge in [-0.2, -0.15) is 5.10 Å². The van der Waals surface area contributed by atoms with Crippen LogP contribution in [0.15, 0.2) is 36.8 Å². The molecule has 0 aliphatic rings. The van der Waals surface area contributed by atoms with E-state index in [1.165, 1.54) is 5.56 Å². The summed E-state index contributed by atoms with van der Waals surface area (Å²) < 4.78 is 7.62. The molecule has 0 bridgehead atoms. The summed E-state index contributed by atoms with van der Waals surface area (Å²) in [5, 5.41) is 5.41. The van der Waals surface area contributed by atoms with Gasteiger partial charge < -0.3 is 4.74 Å². The number of hydrogen-bond donors (Lipinski definition) is 0. The van der Waals surface area contributed by atoms with Crippen molar-refractivity contribution in [2.45, 2.75) is 45.8 Å². The Balaban J connectivity index is 1.80. The standard InChI is InChI=1S/C19H26N4OSi/c1-5-15-6-8-16(9-7-15)18-17-12-22-23(19(17)21-13-20-18)14-24-10-11-25(2,3)4/h6-9,12-13H,5,10-11,14H2,1-4H3. The molecule has 6 heteroatoms. The maximum Gasteiger partial charge on any atom is 0.164 e. The number of hydrogen-bond acceptors (Lipinski definition) is 4. The van der Waals surface area contributed by atoms with Crippen molar-refractivity contribution in [2.24, 2.45) is 0 Å². The molecule has 25 heavy (non-hydrogen) atoms. The van der Waals surface area contributed by atoms with Gasteiger partial charge in [0.15, 0.2) is 5.65 Å². The lowest BCUT2D eigenvalue weighted by Crippen LogP contribution is -2.22. The van der Waals surface area contributed by atoms with Gasteiger partial charge in [0.1, 0.15) is 13.1 Å². The molecule has 0 amide bonds. The van der Waals surface area contributed by atoms with E-state index in [0.29, 0.717) is 6.73 Å². The molecule has 0 fully saturated rings.